The van der Waals surface area contributed by atoms with Crippen LogP contribution in [0.15, 0.2) is 24.3 Å². The summed E-state index contributed by atoms with van der Waals surface area (Å²) in [7, 11) is -3.37. The van der Waals surface area contributed by atoms with Gasteiger partial charge in [0.25, 0.3) is 5.69 Å². The Labute approximate surface area is 104 Å². The molecule has 1 atom stereocenters. The first-order chi connectivity index (χ1) is 8.33. The van der Waals surface area contributed by atoms with Crippen LogP contribution < -0.4 is 4.72 Å². The van der Waals surface area contributed by atoms with E-state index in [9.17, 15) is 18.5 Å². The number of nitrogens with zero attached hydrogens (tertiary/aromatic N) is 2. The molecule has 8 heteroatoms. The lowest BCUT2D eigenvalue weighted by Crippen LogP contribution is -2.26. The topological polar surface area (TPSA) is 113 Å². The second-order valence-electron chi connectivity index (χ2n) is 3.65. The summed E-state index contributed by atoms with van der Waals surface area (Å²) < 4.78 is 24.1. The van der Waals surface area contributed by atoms with Gasteiger partial charge in [-0.15, -0.1) is 0 Å². The Balaban J connectivity index is 2.84. The van der Waals surface area contributed by atoms with E-state index in [1.54, 1.807) is 0 Å². The summed E-state index contributed by atoms with van der Waals surface area (Å²) in [6.45, 7) is -0.0624. The lowest BCUT2D eigenvalue weighted by molar-refractivity contribution is -0.384. The fourth-order valence-electron chi connectivity index (χ4n) is 1.30. The molecule has 18 heavy (non-hydrogen) atoms. The van der Waals surface area contributed by atoms with Crippen LogP contribution in [0.3, 0.4) is 0 Å². The zero-order valence-corrected chi connectivity index (χ0v) is 10.3. The zero-order chi connectivity index (χ0) is 13.8. The average Bonchev–Trinajstić information content (AvgIpc) is 2.29. The van der Waals surface area contributed by atoms with Gasteiger partial charge in [0.15, 0.2) is 0 Å². The van der Waals surface area contributed by atoms with Gasteiger partial charge in [-0.1, -0.05) is 12.1 Å². The van der Waals surface area contributed by atoms with E-state index in [0.29, 0.717) is 5.56 Å². The van der Waals surface area contributed by atoms with Crippen LogP contribution >= 0.6 is 0 Å². The van der Waals surface area contributed by atoms with Crippen molar-refractivity contribution in [2.75, 3.05) is 12.8 Å². The Bertz CT molecular complexity index is 574. The van der Waals surface area contributed by atoms with Crippen LogP contribution in [0.1, 0.15) is 11.5 Å². The molecule has 0 spiro atoms. The quantitative estimate of drug-likeness (QED) is 0.626. The van der Waals surface area contributed by atoms with Gasteiger partial charge < -0.3 is 0 Å². The third-order valence-corrected chi connectivity index (χ3v) is 2.90. The molecule has 0 saturated carbocycles. The molecule has 0 aliphatic heterocycles. The second-order valence-corrected chi connectivity index (χ2v) is 5.48. The predicted molar refractivity (Wildman–Crippen MR) is 64.3 cm³/mol. The van der Waals surface area contributed by atoms with E-state index in [4.69, 9.17) is 5.26 Å². The average molecular weight is 269 g/mol. The molecule has 0 aliphatic rings. The van der Waals surface area contributed by atoms with Crippen molar-refractivity contribution in [3.05, 3.63) is 39.9 Å². The van der Waals surface area contributed by atoms with E-state index in [2.05, 4.69) is 4.72 Å². The molecule has 0 fully saturated rings. The first kappa shape index (κ1) is 14.1. The van der Waals surface area contributed by atoms with E-state index < -0.39 is 20.9 Å². The van der Waals surface area contributed by atoms with Crippen molar-refractivity contribution in [2.45, 2.75) is 5.92 Å². The number of nitro groups is 1. The third-order valence-electron chi connectivity index (χ3n) is 2.21. The van der Waals surface area contributed by atoms with Crippen LogP contribution in [0.4, 0.5) is 5.69 Å². The molecule has 96 valence electrons. The first-order valence-corrected chi connectivity index (χ1v) is 6.81. The molecule has 7 nitrogen and oxygen atoms in total. The molecule has 0 bridgehead atoms. The Morgan fingerprint density at radius 1 is 1.44 bits per heavy atom. The van der Waals surface area contributed by atoms with Gasteiger partial charge in [0.2, 0.25) is 10.0 Å². The zero-order valence-electron chi connectivity index (χ0n) is 9.53. The van der Waals surface area contributed by atoms with Crippen LogP contribution in [0.5, 0.6) is 0 Å². The summed E-state index contributed by atoms with van der Waals surface area (Å²) in [5, 5.41) is 19.4. The van der Waals surface area contributed by atoms with Crippen LogP contribution in [-0.2, 0) is 10.0 Å². The van der Waals surface area contributed by atoms with Gasteiger partial charge in [-0.25, -0.2) is 13.1 Å². The first-order valence-electron chi connectivity index (χ1n) is 4.92. The summed E-state index contributed by atoms with van der Waals surface area (Å²) in [6.07, 6.45) is 0.997. The number of hydrogen-bond acceptors (Lipinski definition) is 5. The Hall–Kier alpha value is -1.98. The normalized spacial score (nSPS) is 12.7. The second kappa shape index (κ2) is 5.57. The lowest BCUT2D eigenvalue weighted by Gasteiger charge is -2.09. The Morgan fingerprint density at radius 2 is 2.00 bits per heavy atom. The highest BCUT2D eigenvalue weighted by atomic mass is 32.2. The number of nitro benzene ring substituents is 1. The largest absolute Gasteiger partial charge is 0.269 e. The minimum Gasteiger partial charge on any atom is -0.258 e. The molecule has 1 aromatic carbocycles. The van der Waals surface area contributed by atoms with Gasteiger partial charge in [0.05, 0.1) is 23.2 Å². The minimum absolute atomic E-state index is 0.0624. The van der Waals surface area contributed by atoms with E-state index in [1.807, 2.05) is 6.07 Å². The standard InChI is InChI=1S/C10H11N3O4S/c1-18(16,17)12-7-9(6-11)8-2-4-10(5-3-8)13(14)15/h2-5,9,12H,7H2,1H3. The van der Waals surface area contributed by atoms with Crippen molar-refractivity contribution < 1.29 is 13.3 Å². The number of hydrogen-bond donors (Lipinski definition) is 1. The SMILES string of the molecule is CS(=O)(=O)NCC(C#N)c1ccc([N+](=O)[O-])cc1. The maximum Gasteiger partial charge on any atom is 0.269 e. The summed E-state index contributed by atoms with van der Waals surface area (Å²) >= 11 is 0. The van der Waals surface area contributed by atoms with Gasteiger partial charge in [0.1, 0.15) is 0 Å². The Kier molecular flexibility index (Phi) is 4.36. The van der Waals surface area contributed by atoms with E-state index in [1.165, 1.54) is 24.3 Å². The summed E-state index contributed by atoms with van der Waals surface area (Å²) in [5.74, 6) is -0.680. The van der Waals surface area contributed by atoms with Crippen LogP contribution in [0.2, 0.25) is 0 Å². The van der Waals surface area contributed by atoms with Crippen molar-refractivity contribution >= 4 is 15.7 Å². The summed E-state index contributed by atoms with van der Waals surface area (Å²) in [5.41, 5.74) is 0.450. The maximum atomic E-state index is 10.9. The van der Waals surface area contributed by atoms with Crippen molar-refractivity contribution in [3.8, 4) is 6.07 Å². The number of rotatable bonds is 5. The molecule has 1 N–H and O–H groups in total. The highest BCUT2D eigenvalue weighted by Crippen LogP contribution is 2.18. The van der Waals surface area contributed by atoms with Crippen LogP contribution in [0, 0.1) is 21.4 Å². The summed E-state index contributed by atoms with van der Waals surface area (Å²) in [4.78, 5) is 9.92. The van der Waals surface area contributed by atoms with Crippen molar-refractivity contribution in [3.63, 3.8) is 0 Å². The smallest absolute Gasteiger partial charge is 0.258 e. The number of nitriles is 1. The van der Waals surface area contributed by atoms with E-state index in [-0.39, 0.29) is 12.2 Å². The minimum atomic E-state index is -3.37. The van der Waals surface area contributed by atoms with Gasteiger partial charge in [0, 0.05) is 18.7 Å². The number of non-ortho nitro benzene ring substituents is 1. The number of benzene rings is 1. The monoisotopic (exact) mass is 269 g/mol. The number of sulfonamides is 1. The van der Waals surface area contributed by atoms with Crippen molar-refractivity contribution in [1.82, 2.24) is 4.72 Å². The van der Waals surface area contributed by atoms with Crippen molar-refractivity contribution in [2.24, 2.45) is 0 Å². The highest BCUT2D eigenvalue weighted by molar-refractivity contribution is 7.88. The maximum absolute atomic E-state index is 10.9. The third kappa shape index (κ3) is 4.12. The number of nitrogens with one attached hydrogen (secondary N) is 1. The van der Waals surface area contributed by atoms with E-state index >= 15 is 0 Å². The summed E-state index contributed by atoms with van der Waals surface area (Å²) in [6, 6.07) is 7.38. The molecule has 0 radical (unpaired) electrons. The molecular formula is C10H11N3O4S. The molecule has 0 amide bonds. The fraction of sp³-hybridized carbons (Fsp3) is 0.300. The van der Waals surface area contributed by atoms with Crippen LogP contribution in [0.25, 0.3) is 0 Å². The highest BCUT2D eigenvalue weighted by Gasteiger charge is 2.14. The van der Waals surface area contributed by atoms with Gasteiger partial charge in [-0.3, -0.25) is 10.1 Å². The van der Waals surface area contributed by atoms with E-state index in [0.717, 1.165) is 6.26 Å². The lowest BCUT2D eigenvalue weighted by atomic mass is 10.0. The van der Waals surface area contributed by atoms with Gasteiger partial charge in [-0.2, -0.15) is 5.26 Å². The Morgan fingerprint density at radius 3 is 2.39 bits per heavy atom. The van der Waals surface area contributed by atoms with Gasteiger partial charge >= 0.3 is 0 Å². The molecule has 0 saturated heterocycles. The molecule has 0 aromatic heterocycles. The molecule has 0 heterocycles. The molecular weight excluding hydrogens is 258 g/mol. The molecule has 1 aromatic rings. The predicted octanol–water partition coefficient (Wildman–Crippen LogP) is 0.751. The van der Waals surface area contributed by atoms with Crippen LogP contribution in [-0.4, -0.2) is 26.1 Å². The van der Waals surface area contributed by atoms with Crippen molar-refractivity contribution in [1.29, 1.82) is 5.26 Å². The molecule has 1 unspecified atom stereocenters. The fourth-order valence-corrected chi connectivity index (χ4v) is 1.77. The molecule has 1 rings (SSSR count). The molecule has 0 aliphatic carbocycles. The van der Waals surface area contributed by atoms with Gasteiger partial charge in [-0.05, 0) is 5.56 Å².